The molecule has 2 unspecified atom stereocenters. The molecule has 1 aliphatic rings. The highest BCUT2D eigenvalue weighted by Crippen LogP contribution is 2.22. The first-order valence-corrected chi connectivity index (χ1v) is 10.9. The number of aromatic nitrogens is 1. The van der Waals surface area contributed by atoms with E-state index in [-0.39, 0.29) is 12.6 Å². The van der Waals surface area contributed by atoms with Crippen LogP contribution < -0.4 is 15.2 Å². The van der Waals surface area contributed by atoms with Crippen LogP contribution in [0.4, 0.5) is 5.69 Å². The van der Waals surface area contributed by atoms with Crippen LogP contribution in [0.25, 0.3) is 5.69 Å². The Morgan fingerprint density at radius 3 is 1.71 bits per heavy atom. The Kier molecular flexibility index (Phi) is 14.3. The normalized spacial score (nSPS) is 15.8. The third-order valence-electron chi connectivity index (χ3n) is 4.57. The molecule has 2 atom stereocenters. The van der Waals surface area contributed by atoms with Crippen LogP contribution in [0.3, 0.4) is 0 Å². The molecule has 2 aromatic carbocycles. The Hall–Kier alpha value is -3.53. The summed E-state index contributed by atoms with van der Waals surface area (Å²) in [6.45, 7) is 1.08. The molecule has 0 radical (unpaired) electrons. The predicted octanol–water partition coefficient (Wildman–Crippen LogP) is 4.60. The molecule has 4 rings (SSSR count). The second kappa shape index (κ2) is 17.0. The van der Waals surface area contributed by atoms with Gasteiger partial charge in [-0.05, 0) is 36.4 Å². The number of benzene rings is 2. The summed E-state index contributed by atoms with van der Waals surface area (Å²) in [7, 11) is 6.57. The molecule has 9 nitrogen and oxygen atoms in total. The number of methoxy groups -OCH3 is 4. The average Bonchev–Trinajstić information content (AvgIpc) is 3.57. The average molecular weight is 489 g/mol. The number of carboxylic acids is 1. The molecule has 3 N–H and O–H groups in total. The summed E-state index contributed by atoms with van der Waals surface area (Å²) in [5.74, 6) is 0.788. The molecule has 1 aliphatic heterocycles. The van der Waals surface area contributed by atoms with E-state index in [4.69, 9.17) is 39.3 Å². The number of rotatable bonds is 5. The Labute approximate surface area is 206 Å². The van der Waals surface area contributed by atoms with Crippen molar-refractivity contribution in [3.63, 3.8) is 0 Å². The number of nitrogens with two attached hydrogens (primary N) is 1. The molecule has 0 amide bonds. The van der Waals surface area contributed by atoms with Crippen molar-refractivity contribution in [1.29, 1.82) is 0 Å². The van der Waals surface area contributed by atoms with Gasteiger partial charge in [-0.1, -0.05) is 24.3 Å². The second-order valence-electron chi connectivity index (χ2n) is 7.07. The Balaban J connectivity index is 0.000000249. The van der Waals surface area contributed by atoms with Crippen molar-refractivity contribution in [2.24, 2.45) is 0 Å². The van der Waals surface area contributed by atoms with Crippen LogP contribution >= 0.6 is 0 Å². The fourth-order valence-electron chi connectivity index (χ4n) is 2.93. The predicted molar refractivity (Wildman–Crippen MR) is 135 cm³/mol. The summed E-state index contributed by atoms with van der Waals surface area (Å²) in [6, 6.07) is 19.3. The quantitative estimate of drug-likeness (QED) is 0.501. The van der Waals surface area contributed by atoms with Crippen LogP contribution in [0.1, 0.15) is 19.8 Å². The van der Waals surface area contributed by atoms with Gasteiger partial charge in [0.15, 0.2) is 12.6 Å². The molecule has 2 heterocycles. The van der Waals surface area contributed by atoms with E-state index in [0.717, 1.165) is 37.0 Å². The van der Waals surface area contributed by atoms with E-state index < -0.39 is 5.97 Å². The number of aliphatic carboxylic acids is 1. The lowest BCUT2D eigenvalue weighted by atomic mass is 10.3. The zero-order valence-electron chi connectivity index (χ0n) is 20.9. The Morgan fingerprint density at radius 1 is 0.857 bits per heavy atom. The van der Waals surface area contributed by atoms with E-state index >= 15 is 0 Å². The number of hydrogen-bond donors (Lipinski definition) is 2. The van der Waals surface area contributed by atoms with Gasteiger partial charge in [0, 0.05) is 46.4 Å². The van der Waals surface area contributed by atoms with Crippen molar-refractivity contribution in [3.8, 4) is 17.2 Å². The molecule has 0 spiro atoms. The van der Waals surface area contributed by atoms with E-state index in [1.165, 1.54) is 0 Å². The highest BCUT2D eigenvalue weighted by atomic mass is 16.8. The van der Waals surface area contributed by atoms with Crippen LogP contribution in [0, 0.1) is 0 Å². The first-order valence-electron chi connectivity index (χ1n) is 10.9. The van der Waals surface area contributed by atoms with Gasteiger partial charge in [0.05, 0.1) is 25.6 Å². The maximum atomic E-state index is 9.00. The monoisotopic (exact) mass is 488 g/mol. The summed E-state index contributed by atoms with van der Waals surface area (Å²) in [6.07, 6.45) is 5.78. The molecule has 192 valence electrons. The summed E-state index contributed by atoms with van der Waals surface area (Å²) < 4.78 is 27.3. The van der Waals surface area contributed by atoms with Gasteiger partial charge >= 0.3 is 0 Å². The molecule has 1 aromatic heterocycles. The van der Waals surface area contributed by atoms with E-state index in [0.29, 0.717) is 5.69 Å². The first-order chi connectivity index (χ1) is 16.9. The summed E-state index contributed by atoms with van der Waals surface area (Å²) >= 11 is 0. The highest BCUT2D eigenvalue weighted by molar-refractivity contribution is 5.63. The minimum absolute atomic E-state index is 0.0463. The largest absolute Gasteiger partial charge is 0.495 e. The van der Waals surface area contributed by atoms with Gasteiger partial charge < -0.3 is 39.1 Å². The van der Waals surface area contributed by atoms with Crippen LogP contribution in [0.5, 0.6) is 11.5 Å². The number of carboxylic acid groups (broad SMARTS) is 1. The minimum atomic E-state index is -0.833. The van der Waals surface area contributed by atoms with Gasteiger partial charge in [-0.25, -0.2) is 0 Å². The van der Waals surface area contributed by atoms with E-state index in [2.05, 4.69) is 0 Å². The standard InChI is InChI=1S/C11H11NO.C7H9NO.C6H12O3.C2H4O2/c1-13-11-7-3-2-6-10(11)12-8-4-5-9-12;1-9-7-5-3-2-4-6(7)8;1-7-5-3-4-6(8-2)9-5;1-2(3)4/h2-9H,1H3;2-5H,8H2,1H3;5-6H,3-4H2,1-2H3;1H3,(H,3,4). The van der Waals surface area contributed by atoms with Crippen molar-refractivity contribution in [2.45, 2.75) is 32.3 Å². The summed E-state index contributed by atoms with van der Waals surface area (Å²) in [5.41, 5.74) is 7.25. The molecule has 0 aliphatic carbocycles. The van der Waals surface area contributed by atoms with Crippen LogP contribution in [0.2, 0.25) is 0 Å². The van der Waals surface area contributed by atoms with Crippen LogP contribution in [0.15, 0.2) is 73.1 Å². The molecule has 9 heteroatoms. The number of carbonyl (C=O) groups is 1. The van der Waals surface area contributed by atoms with E-state index in [1.807, 2.05) is 71.6 Å². The number of ether oxygens (including phenoxy) is 5. The van der Waals surface area contributed by atoms with Crippen molar-refractivity contribution in [1.82, 2.24) is 4.57 Å². The van der Waals surface area contributed by atoms with Crippen molar-refractivity contribution in [2.75, 3.05) is 34.2 Å². The van der Waals surface area contributed by atoms with Gasteiger partial charge in [0.2, 0.25) is 0 Å². The van der Waals surface area contributed by atoms with Crippen molar-refractivity contribution in [3.05, 3.63) is 73.1 Å². The molecule has 0 saturated carbocycles. The minimum Gasteiger partial charge on any atom is -0.495 e. The van der Waals surface area contributed by atoms with E-state index in [9.17, 15) is 0 Å². The lowest BCUT2D eigenvalue weighted by molar-refractivity contribution is -0.185. The maximum Gasteiger partial charge on any atom is 0.300 e. The third-order valence-corrected chi connectivity index (χ3v) is 4.57. The number of anilines is 1. The molecule has 3 aromatic rings. The third kappa shape index (κ3) is 11.4. The number of hydrogen-bond acceptors (Lipinski definition) is 7. The Bertz CT molecular complexity index is 950. The van der Waals surface area contributed by atoms with Gasteiger partial charge in [0.25, 0.3) is 5.97 Å². The Morgan fingerprint density at radius 2 is 1.31 bits per heavy atom. The van der Waals surface area contributed by atoms with Gasteiger partial charge in [-0.2, -0.15) is 0 Å². The first kappa shape index (κ1) is 29.5. The smallest absolute Gasteiger partial charge is 0.300 e. The van der Waals surface area contributed by atoms with Crippen LogP contribution in [-0.2, 0) is 19.0 Å². The highest BCUT2D eigenvalue weighted by Gasteiger charge is 2.23. The van der Waals surface area contributed by atoms with Crippen molar-refractivity contribution >= 4 is 11.7 Å². The fraction of sp³-hybridized carbons (Fsp3) is 0.346. The molecule has 0 bridgehead atoms. The number of para-hydroxylation sites is 4. The lowest BCUT2D eigenvalue weighted by Gasteiger charge is -2.09. The molecule has 35 heavy (non-hydrogen) atoms. The van der Waals surface area contributed by atoms with Crippen molar-refractivity contribution < 1.29 is 33.6 Å². The summed E-state index contributed by atoms with van der Waals surface area (Å²) in [5, 5.41) is 7.42. The van der Waals surface area contributed by atoms with Gasteiger partial charge in [-0.3, -0.25) is 4.79 Å². The SMILES string of the molecule is CC(=O)O.COC1CCC(OC)O1.COc1ccccc1-n1cccc1.COc1ccccc1N. The molecular formula is C26H36N2O7. The maximum absolute atomic E-state index is 9.00. The molecular weight excluding hydrogens is 452 g/mol. The van der Waals surface area contributed by atoms with Gasteiger partial charge in [-0.15, -0.1) is 0 Å². The summed E-state index contributed by atoms with van der Waals surface area (Å²) in [4.78, 5) is 9.00. The zero-order chi connectivity index (χ0) is 26.1. The number of nitrogens with zero attached hydrogens (tertiary/aromatic N) is 1. The zero-order valence-corrected chi connectivity index (χ0v) is 20.9. The van der Waals surface area contributed by atoms with E-state index in [1.54, 1.807) is 34.5 Å². The topological polar surface area (TPSA) is 114 Å². The fourth-order valence-corrected chi connectivity index (χ4v) is 2.93. The lowest BCUT2D eigenvalue weighted by Crippen LogP contribution is -2.13. The number of nitrogen functional groups attached to an aromatic ring is 1. The molecule has 1 fully saturated rings. The van der Waals surface area contributed by atoms with Gasteiger partial charge in [0.1, 0.15) is 11.5 Å². The second-order valence-corrected chi connectivity index (χ2v) is 7.07. The molecule has 1 saturated heterocycles. The van der Waals surface area contributed by atoms with Crippen LogP contribution in [-0.4, -0.2) is 56.7 Å².